The van der Waals surface area contributed by atoms with Crippen molar-refractivity contribution in [3.63, 3.8) is 0 Å². The van der Waals surface area contributed by atoms with Gasteiger partial charge < -0.3 is 9.64 Å². The van der Waals surface area contributed by atoms with Crippen LogP contribution in [-0.2, 0) is 14.3 Å². The lowest BCUT2D eigenvalue weighted by Gasteiger charge is -2.30. The van der Waals surface area contributed by atoms with Crippen molar-refractivity contribution in [3.8, 4) is 0 Å². The molecular weight excluding hydrogens is 278 g/mol. The second-order valence-corrected chi connectivity index (χ2v) is 5.57. The van der Waals surface area contributed by atoms with Gasteiger partial charge in [-0.3, -0.25) is 9.59 Å². The average Bonchev–Trinajstić information content (AvgIpc) is 2.54. The lowest BCUT2D eigenvalue weighted by atomic mass is 9.98. The molecule has 0 aromatic heterocycles. The number of benzene rings is 1. The Hall–Kier alpha value is -2.10. The summed E-state index contributed by atoms with van der Waals surface area (Å²) in [5.74, 6) is -0.426. The predicted octanol–water partition coefficient (Wildman–Crippen LogP) is 2.81. The van der Waals surface area contributed by atoms with E-state index in [2.05, 4.69) is 0 Å². The monoisotopic (exact) mass is 301 g/mol. The number of likely N-dealkylation sites (tertiary alicyclic amines) is 1. The first-order chi connectivity index (χ1) is 10.6. The number of nitrogens with zero attached hydrogens (tertiary/aromatic N) is 1. The van der Waals surface area contributed by atoms with Crippen molar-refractivity contribution in [2.45, 2.75) is 26.7 Å². The van der Waals surface area contributed by atoms with Crippen molar-refractivity contribution in [3.05, 3.63) is 41.5 Å². The maximum absolute atomic E-state index is 12.3. The summed E-state index contributed by atoms with van der Waals surface area (Å²) in [6.45, 7) is 5.36. The van der Waals surface area contributed by atoms with E-state index in [9.17, 15) is 9.59 Å². The second kappa shape index (κ2) is 7.78. The number of hydrogen-bond acceptors (Lipinski definition) is 3. The van der Waals surface area contributed by atoms with Gasteiger partial charge in [0.25, 0.3) is 0 Å². The van der Waals surface area contributed by atoms with Crippen LogP contribution in [0.5, 0.6) is 0 Å². The molecule has 0 saturated carbocycles. The first-order valence-electron chi connectivity index (χ1n) is 7.81. The van der Waals surface area contributed by atoms with Crippen LogP contribution in [-0.4, -0.2) is 36.5 Å². The summed E-state index contributed by atoms with van der Waals surface area (Å²) in [4.78, 5) is 25.8. The molecule has 1 aliphatic rings. The van der Waals surface area contributed by atoms with Gasteiger partial charge >= 0.3 is 5.97 Å². The van der Waals surface area contributed by atoms with E-state index >= 15 is 0 Å². The van der Waals surface area contributed by atoms with Crippen molar-refractivity contribution in [2.75, 3.05) is 19.7 Å². The highest BCUT2D eigenvalue weighted by Gasteiger charge is 2.28. The van der Waals surface area contributed by atoms with Crippen molar-refractivity contribution in [1.29, 1.82) is 0 Å². The highest BCUT2D eigenvalue weighted by Crippen LogP contribution is 2.18. The number of amides is 1. The molecule has 1 heterocycles. The van der Waals surface area contributed by atoms with E-state index in [1.54, 1.807) is 17.9 Å². The Morgan fingerprint density at radius 3 is 2.86 bits per heavy atom. The van der Waals surface area contributed by atoms with Crippen LogP contribution < -0.4 is 0 Å². The Kier molecular flexibility index (Phi) is 5.75. The molecule has 1 aliphatic heterocycles. The van der Waals surface area contributed by atoms with Gasteiger partial charge in [0.15, 0.2) is 0 Å². The minimum atomic E-state index is -0.192. The largest absolute Gasteiger partial charge is 0.466 e. The van der Waals surface area contributed by atoms with Crippen LogP contribution in [0.4, 0.5) is 0 Å². The van der Waals surface area contributed by atoms with E-state index in [1.807, 2.05) is 37.3 Å². The van der Waals surface area contributed by atoms with Gasteiger partial charge in [-0.05, 0) is 43.9 Å². The van der Waals surface area contributed by atoms with E-state index in [0.29, 0.717) is 19.7 Å². The first-order valence-corrected chi connectivity index (χ1v) is 7.81. The zero-order chi connectivity index (χ0) is 15.9. The summed E-state index contributed by atoms with van der Waals surface area (Å²) in [5.41, 5.74) is 2.17. The zero-order valence-electron chi connectivity index (χ0n) is 13.2. The highest BCUT2D eigenvalue weighted by molar-refractivity contribution is 5.92. The van der Waals surface area contributed by atoms with Crippen LogP contribution >= 0.6 is 0 Å². The van der Waals surface area contributed by atoms with Crippen LogP contribution in [0.1, 0.15) is 30.9 Å². The Bertz CT molecular complexity index is 565. The molecule has 0 bridgehead atoms. The number of piperidine rings is 1. The summed E-state index contributed by atoms with van der Waals surface area (Å²) in [5, 5.41) is 0. The van der Waals surface area contributed by atoms with Gasteiger partial charge in [-0.25, -0.2) is 0 Å². The van der Waals surface area contributed by atoms with Crippen LogP contribution in [0.2, 0.25) is 0 Å². The van der Waals surface area contributed by atoms with Gasteiger partial charge in [-0.1, -0.05) is 24.3 Å². The van der Waals surface area contributed by atoms with E-state index in [-0.39, 0.29) is 17.8 Å². The maximum atomic E-state index is 12.3. The zero-order valence-corrected chi connectivity index (χ0v) is 13.2. The fourth-order valence-corrected chi connectivity index (χ4v) is 2.67. The van der Waals surface area contributed by atoms with Crippen LogP contribution in [0, 0.1) is 12.8 Å². The minimum absolute atomic E-state index is 0.0442. The topological polar surface area (TPSA) is 46.6 Å². The molecule has 1 atom stereocenters. The maximum Gasteiger partial charge on any atom is 0.310 e. The standard InChI is InChI=1S/C18H23NO3/c1-3-22-18(21)16-9-6-12-19(13-16)17(20)11-10-15-8-5-4-7-14(15)2/h4-5,7-8,10-11,16H,3,6,9,12-13H2,1-2H3/b11-10+/t16-/m0/s1. The number of hydrogen-bond donors (Lipinski definition) is 0. The predicted molar refractivity (Wildman–Crippen MR) is 86.2 cm³/mol. The third kappa shape index (κ3) is 4.20. The van der Waals surface area contributed by atoms with Crippen LogP contribution in [0.15, 0.2) is 30.3 Å². The smallest absolute Gasteiger partial charge is 0.310 e. The Morgan fingerprint density at radius 1 is 1.36 bits per heavy atom. The Balaban J connectivity index is 1.97. The molecule has 4 heteroatoms. The molecule has 22 heavy (non-hydrogen) atoms. The van der Waals surface area contributed by atoms with E-state index < -0.39 is 0 Å². The Labute approximate surface area is 131 Å². The molecule has 0 spiro atoms. The van der Waals surface area contributed by atoms with Gasteiger partial charge in [0.05, 0.1) is 12.5 Å². The molecule has 0 radical (unpaired) electrons. The van der Waals surface area contributed by atoms with E-state index in [0.717, 1.165) is 24.0 Å². The molecule has 0 unspecified atom stereocenters. The van der Waals surface area contributed by atoms with E-state index in [4.69, 9.17) is 4.74 Å². The van der Waals surface area contributed by atoms with Crippen molar-refractivity contribution >= 4 is 18.0 Å². The molecular formula is C18H23NO3. The number of esters is 1. The van der Waals surface area contributed by atoms with Gasteiger partial charge in [0.1, 0.15) is 0 Å². The average molecular weight is 301 g/mol. The number of aryl methyl sites for hydroxylation is 1. The quantitative estimate of drug-likeness (QED) is 0.634. The summed E-state index contributed by atoms with van der Waals surface area (Å²) in [6.07, 6.45) is 5.07. The minimum Gasteiger partial charge on any atom is -0.466 e. The SMILES string of the molecule is CCOC(=O)[C@H]1CCCN(C(=O)/C=C/c2ccccc2C)C1. The van der Waals surface area contributed by atoms with Gasteiger partial charge in [0, 0.05) is 19.2 Å². The summed E-state index contributed by atoms with van der Waals surface area (Å²) >= 11 is 0. The summed E-state index contributed by atoms with van der Waals surface area (Å²) < 4.78 is 5.06. The molecule has 0 N–H and O–H groups in total. The molecule has 1 fully saturated rings. The molecule has 0 aliphatic carbocycles. The van der Waals surface area contributed by atoms with Crippen molar-refractivity contribution < 1.29 is 14.3 Å². The number of ether oxygens (including phenoxy) is 1. The van der Waals surface area contributed by atoms with Crippen molar-refractivity contribution in [2.24, 2.45) is 5.92 Å². The van der Waals surface area contributed by atoms with E-state index in [1.165, 1.54) is 0 Å². The first kappa shape index (κ1) is 16.3. The van der Waals surface area contributed by atoms with Crippen LogP contribution in [0.25, 0.3) is 6.08 Å². The second-order valence-electron chi connectivity index (χ2n) is 5.57. The third-order valence-electron chi connectivity index (χ3n) is 3.95. The third-order valence-corrected chi connectivity index (χ3v) is 3.95. The summed E-state index contributed by atoms with van der Waals surface area (Å²) in [7, 11) is 0. The number of carbonyl (C=O) groups is 2. The molecule has 1 saturated heterocycles. The molecule has 1 aromatic rings. The lowest BCUT2D eigenvalue weighted by molar-refractivity contribution is -0.150. The Morgan fingerprint density at radius 2 is 2.14 bits per heavy atom. The van der Waals surface area contributed by atoms with Gasteiger partial charge in [-0.2, -0.15) is 0 Å². The molecule has 4 nitrogen and oxygen atoms in total. The normalized spacial score (nSPS) is 18.5. The number of carbonyl (C=O) groups excluding carboxylic acids is 2. The molecule has 2 rings (SSSR count). The molecule has 118 valence electrons. The van der Waals surface area contributed by atoms with Gasteiger partial charge in [-0.15, -0.1) is 0 Å². The summed E-state index contributed by atoms with van der Waals surface area (Å²) in [6, 6.07) is 7.93. The lowest BCUT2D eigenvalue weighted by Crippen LogP contribution is -2.42. The fraction of sp³-hybridized carbons (Fsp3) is 0.444. The van der Waals surface area contributed by atoms with Crippen molar-refractivity contribution in [1.82, 2.24) is 4.90 Å². The molecule has 1 aromatic carbocycles. The van der Waals surface area contributed by atoms with Crippen LogP contribution in [0.3, 0.4) is 0 Å². The highest BCUT2D eigenvalue weighted by atomic mass is 16.5. The number of rotatable bonds is 4. The molecule has 1 amide bonds. The van der Waals surface area contributed by atoms with Gasteiger partial charge in [0.2, 0.25) is 5.91 Å². The fourth-order valence-electron chi connectivity index (χ4n) is 2.67.